The zero-order valence-electron chi connectivity index (χ0n) is 8.61. The molecule has 82 valence electrons. The zero-order chi connectivity index (χ0) is 10.8. The first-order chi connectivity index (χ1) is 7.16. The van der Waals surface area contributed by atoms with Gasteiger partial charge in [-0.25, -0.2) is 9.97 Å². The van der Waals surface area contributed by atoms with Gasteiger partial charge >= 0.3 is 0 Å². The van der Waals surface area contributed by atoms with Crippen LogP contribution in [0.1, 0.15) is 31.4 Å². The lowest BCUT2D eigenvalue weighted by Crippen LogP contribution is -2.22. The van der Waals surface area contributed by atoms with Crippen LogP contribution in [-0.2, 0) is 4.74 Å². The van der Waals surface area contributed by atoms with Crippen molar-refractivity contribution in [1.29, 1.82) is 0 Å². The van der Waals surface area contributed by atoms with Gasteiger partial charge in [0.25, 0.3) is 0 Å². The molecule has 0 amide bonds. The Morgan fingerprint density at radius 1 is 1.60 bits per heavy atom. The Kier molecular flexibility index (Phi) is 3.21. The number of ether oxygens (including phenoxy) is 1. The Bertz CT molecular complexity index is 359. The van der Waals surface area contributed by atoms with Crippen molar-refractivity contribution >= 4 is 21.7 Å². The summed E-state index contributed by atoms with van der Waals surface area (Å²) in [5.74, 6) is 0.886. The van der Waals surface area contributed by atoms with Crippen LogP contribution in [-0.4, -0.2) is 22.7 Å². The van der Waals surface area contributed by atoms with Crippen molar-refractivity contribution in [3.8, 4) is 0 Å². The summed E-state index contributed by atoms with van der Waals surface area (Å²) in [4.78, 5) is 8.51. The summed E-state index contributed by atoms with van der Waals surface area (Å²) in [7, 11) is 0. The molecule has 0 saturated carbocycles. The van der Waals surface area contributed by atoms with E-state index in [1.165, 1.54) is 0 Å². The van der Waals surface area contributed by atoms with E-state index in [-0.39, 0.29) is 0 Å². The summed E-state index contributed by atoms with van der Waals surface area (Å²) in [5.41, 5.74) is 6.61. The second kappa shape index (κ2) is 4.45. The second-order valence-electron chi connectivity index (χ2n) is 3.87. The molecule has 1 aromatic rings. The molecule has 4 nitrogen and oxygen atoms in total. The first-order valence-corrected chi connectivity index (χ1v) is 5.85. The third-order valence-corrected chi connectivity index (χ3v) is 3.26. The molecule has 1 saturated heterocycles. The Labute approximate surface area is 97.4 Å². The number of nitrogens with zero attached hydrogens (tertiary/aromatic N) is 2. The first kappa shape index (κ1) is 10.8. The third kappa shape index (κ3) is 2.46. The van der Waals surface area contributed by atoms with Gasteiger partial charge in [0.2, 0.25) is 0 Å². The summed E-state index contributed by atoms with van der Waals surface area (Å²) in [6, 6.07) is 0. The molecule has 0 bridgehead atoms. The molecule has 1 aliphatic rings. The van der Waals surface area contributed by atoms with Gasteiger partial charge in [-0.15, -0.1) is 0 Å². The normalized spacial score (nSPS) is 26.5. The van der Waals surface area contributed by atoms with Crippen molar-refractivity contribution in [2.75, 3.05) is 12.3 Å². The Morgan fingerprint density at radius 3 is 3.07 bits per heavy atom. The summed E-state index contributed by atoms with van der Waals surface area (Å²) in [5, 5.41) is 0. The lowest BCUT2D eigenvalue weighted by molar-refractivity contribution is 0.0179. The molecule has 2 rings (SSSR count). The van der Waals surface area contributed by atoms with Crippen LogP contribution >= 0.6 is 15.9 Å². The van der Waals surface area contributed by atoms with Crippen molar-refractivity contribution in [3.05, 3.63) is 16.5 Å². The number of hydrogen-bond acceptors (Lipinski definition) is 4. The molecule has 1 aromatic heterocycles. The number of nitrogens with two attached hydrogens (primary N) is 1. The maximum Gasteiger partial charge on any atom is 0.156 e. The molecular weight excluding hydrogens is 258 g/mol. The molecule has 0 aromatic carbocycles. The van der Waals surface area contributed by atoms with Crippen molar-refractivity contribution in [2.24, 2.45) is 0 Å². The van der Waals surface area contributed by atoms with E-state index in [0.29, 0.717) is 22.4 Å². The number of anilines is 1. The van der Waals surface area contributed by atoms with E-state index in [1.54, 1.807) is 6.20 Å². The van der Waals surface area contributed by atoms with Gasteiger partial charge in [-0.1, -0.05) is 0 Å². The predicted molar refractivity (Wildman–Crippen MR) is 61.5 cm³/mol. The second-order valence-corrected chi connectivity index (χ2v) is 4.62. The van der Waals surface area contributed by atoms with Gasteiger partial charge < -0.3 is 10.5 Å². The van der Waals surface area contributed by atoms with E-state index in [9.17, 15) is 0 Å². The monoisotopic (exact) mass is 271 g/mol. The first-order valence-electron chi connectivity index (χ1n) is 5.06. The van der Waals surface area contributed by atoms with Crippen molar-refractivity contribution in [2.45, 2.75) is 31.8 Å². The molecule has 0 aliphatic carbocycles. The molecular formula is C10H14BrN3O. The molecule has 0 spiro atoms. The molecule has 0 unspecified atom stereocenters. The number of hydrogen-bond donors (Lipinski definition) is 1. The summed E-state index contributed by atoms with van der Waals surface area (Å²) >= 11 is 3.30. The fraction of sp³-hybridized carbons (Fsp3) is 0.600. The lowest BCUT2D eigenvalue weighted by Gasteiger charge is -2.26. The largest absolute Gasteiger partial charge is 0.381 e. The highest BCUT2D eigenvalue weighted by Gasteiger charge is 2.22. The van der Waals surface area contributed by atoms with Crippen molar-refractivity contribution < 1.29 is 4.74 Å². The van der Waals surface area contributed by atoms with Gasteiger partial charge in [-0.05, 0) is 35.7 Å². The lowest BCUT2D eigenvalue weighted by atomic mass is 9.93. The van der Waals surface area contributed by atoms with Gasteiger partial charge in [0, 0.05) is 12.5 Å². The van der Waals surface area contributed by atoms with Gasteiger partial charge in [0.15, 0.2) is 5.82 Å². The number of aromatic nitrogens is 2. The van der Waals surface area contributed by atoms with Crippen LogP contribution in [0.15, 0.2) is 10.8 Å². The Balaban J connectivity index is 2.18. The highest BCUT2D eigenvalue weighted by molar-refractivity contribution is 9.10. The quantitative estimate of drug-likeness (QED) is 0.850. The maximum absolute atomic E-state index is 5.60. The fourth-order valence-corrected chi connectivity index (χ4v) is 2.16. The molecule has 15 heavy (non-hydrogen) atoms. The van der Waals surface area contributed by atoms with E-state index >= 15 is 0 Å². The van der Waals surface area contributed by atoms with Crippen LogP contribution in [0, 0.1) is 0 Å². The summed E-state index contributed by atoms with van der Waals surface area (Å²) in [6.45, 7) is 2.89. The van der Waals surface area contributed by atoms with E-state index in [4.69, 9.17) is 10.5 Å². The minimum absolute atomic E-state index is 0.307. The highest BCUT2D eigenvalue weighted by atomic mass is 79.9. The van der Waals surface area contributed by atoms with Gasteiger partial charge in [-0.3, -0.25) is 0 Å². The van der Waals surface area contributed by atoms with E-state index in [0.717, 1.165) is 25.1 Å². The molecule has 2 heterocycles. The predicted octanol–water partition coefficient (Wildman–Crippen LogP) is 2.10. The number of halogens is 1. The number of rotatable bonds is 1. The minimum Gasteiger partial charge on any atom is -0.381 e. The number of nitrogen functional groups attached to an aromatic ring is 1. The van der Waals surface area contributed by atoms with Crippen LogP contribution in [0.4, 0.5) is 5.82 Å². The third-order valence-electron chi connectivity index (χ3n) is 2.68. The summed E-state index contributed by atoms with van der Waals surface area (Å²) in [6.07, 6.45) is 4.09. The molecule has 0 radical (unpaired) electrons. The van der Waals surface area contributed by atoms with Crippen LogP contribution in [0.5, 0.6) is 0 Å². The van der Waals surface area contributed by atoms with Crippen LogP contribution in [0.2, 0.25) is 0 Å². The Hall–Kier alpha value is -0.680. The minimum atomic E-state index is 0.307. The molecule has 1 fully saturated rings. The fourth-order valence-electron chi connectivity index (χ4n) is 1.85. The van der Waals surface area contributed by atoms with Crippen LogP contribution < -0.4 is 5.73 Å². The van der Waals surface area contributed by atoms with Crippen LogP contribution in [0.3, 0.4) is 0 Å². The SMILES string of the molecule is C[C@@H]1C[C@H](c2cnc(N)c(Br)n2)CCO1. The topological polar surface area (TPSA) is 61.0 Å². The Morgan fingerprint density at radius 2 is 2.40 bits per heavy atom. The average molecular weight is 272 g/mol. The molecule has 1 aliphatic heterocycles. The summed E-state index contributed by atoms with van der Waals surface area (Å²) < 4.78 is 6.14. The van der Waals surface area contributed by atoms with Crippen molar-refractivity contribution in [3.63, 3.8) is 0 Å². The highest BCUT2D eigenvalue weighted by Crippen LogP contribution is 2.29. The smallest absolute Gasteiger partial charge is 0.156 e. The molecule has 5 heteroatoms. The zero-order valence-corrected chi connectivity index (χ0v) is 10.2. The molecule has 2 atom stereocenters. The average Bonchev–Trinajstić information content (AvgIpc) is 2.22. The van der Waals surface area contributed by atoms with Crippen LogP contribution in [0.25, 0.3) is 0 Å². The maximum atomic E-state index is 5.60. The van der Waals surface area contributed by atoms with E-state index < -0.39 is 0 Å². The van der Waals surface area contributed by atoms with Crippen molar-refractivity contribution in [1.82, 2.24) is 9.97 Å². The van der Waals surface area contributed by atoms with Gasteiger partial charge in [0.1, 0.15) is 4.60 Å². The van der Waals surface area contributed by atoms with Gasteiger partial charge in [-0.2, -0.15) is 0 Å². The van der Waals surface area contributed by atoms with E-state index in [1.807, 2.05) is 0 Å². The standard InChI is InChI=1S/C10H14BrN3O/c1-6-4-7(2-3-15-6)8-5-13-10(12)9(11)14-8/h5-7H,2-4H2,1H3,(H2,12,13)/t6-,7-/m1/s1. The van der Waals surface area contributed by atoms with E-state index in [2.05, 4.69) is 32.8 Å². The van der Waals surface area contributed by atoms with Gasteiger partial charge in [0.05, 0.1) is 18.0 Å². The molecule has 2 N–H and O–H groups in total.